The van der Waals surface area contributed by atoms with Crippen LogP contribution in [0.25, 0.3) is 0 Å². The van der Waals surface area contributed by atoms with E-state index in [1.165, 1.54) is 0 Å². The first-order chi connectivity index (χ1) is 5.90. The summed E-state index contributed by atoms with van der Waals surface area (Å²) in [6.45, 7) is 5.03. The van der Waals surface area contributed by atoms with Crippen LogP contribution in [-0.4, -0.2) is 42.3 Å². The summed E-state index contributed by atoms with van der Waals surface area (Å²) >= 11 is 0. The van der Waals surface area contributed by atoms with Crippen LogP contribution in [0.15, 0.2) is 0 Å². The molecule has 0 aromatic rings. The van der Waals surface area contributed by atoms with E-state index >= 15 is 0 Å². The Morgan fingerprint density at radius 2 is 2.15 bits per heavy atom. The Morgan fingerprint density at radius 1 is 1.54 bits per heavy atom. The van der Waals surface area contributed by atoms with E-state index in [0.717, 1.165) is 19.4 Å². The summed E-state index contributed by atoms with van der Waals surface area (Å²) in [5.74, 6) is -0.120. The molecule has 1 rings (SSSR count). The molecule has 1 N–H and O–H groups in total. The molecule has 0 aliphatic carbocycles. The van der Waals surface area contributed by atoms with Crippen molar-refractivity contribution in [1.82, 2.24) is 4.90 Å². The minimum absolute atomic E-state index is 0.00926. The molecule has 4 nitrogen and oxygen atoms in total. The van der Waals surface area contributed by atoms with Gasteiger partial charge in [0, 0.05) is 12.1 Å². The summed E-state index contributed by atoms with van der Waals surface area (Å²) in [5, 5.41) is 0. The Labute approximate surface area is 79.7 Å². The molecule has 5 heteroatoms. The second kappa shape index (κ2) is 3.94. The lowest BCUT2D eigenvalue weighted by Crippen LogP contribution is -2.39. The molecule has 0 radical (unpaired) electrons. The van der Waals surface area contributed by atoms with Crippen LogP contribution >= 0.6 is 0 Å². The average Bonchev–Trinajstić information content (AvgIpc) is 2.31. The van der Waals surface area contributed by atoms with Gasteiger partial charge in [0.2, 0.25) is 0 Å². The molecule has 0 spiro atoms. The van der Waals surface area contributed by atoms with Crippen LogP contribution in [0.3, 0.4) is 0 Å². The lowest BCUT2D eigenvalue weighted by molar-refractivity contribution is 0.216. The van der Waals surface area contributed by atoms with Crippen molar-refractivity contribution in [3.8, 4) is 0 Å². The Hall–Kier alpha value is -0.130. The van der Waals surface area contributed by atoms with Crippen molar-refractivity contribution in [2.45, 2.75) is 38.8 Å². The van der Waals surface area contributed by atoms with Gasteiger partial charge in [-0.2, -0.15) is 8.42 Å². The van der Waals surface area contributed by atoms with Crippen LogP contribution in [-0.2, 0) is 10.1 Å². The van der Waals surface area contributed by atoms with Crippen molar-refractivity contribution in [1.29, 1.82) is 0 Å². The van der Waals surface area contributed by atoms with Crippen LogP contribution in [0.2, 0.25) is 0 Å². The van der Waals surface area contributed by atoms with Gasteiger partial charge in [0.1, 0.15) is 0 Å². The van der Waals surface area contributed by atoms with Gasteiger partial charge in [-0.1, -0.05) is 0 Å². The Morgan fingerprint density at radius 3 is 2.62 bits per heavy atom. The van der Waals surface area contributed by atoms with Gasteiger partial charge in [0.15, 0.2) is 0 Å². The maximum Gasteiger partial charge on any atom is 0.266 e. The number of likely N-dealkylation sites (tertiary alicyclic amines) is 1. The summed E-state index contributed by atoms with van der Waals surface area (Å²) in [6, 6.07) is 0.365. The Bertz CT molecular complexity index is 261. The van der Waals surface area contributed by atoms with Crippen LogP contribution in [0.4, 0.5) is 0 Å². The highest BCUT2D eigenvalue weighted by atomic mass is 32.2. The number of hydrogen-bond donors (Lipinski definition) is 1. The van der Waals surface area contributed by atoms with Gasteiger partial charge in [0.25, 0.3) is 10.1 Å². The van der Waals surface area contributed by atoms with E-state index in [1.54, 1.807) is 0 Å². The summed E-state index contributed by atoms with van der Waals surface area (Å²) in [4.78, 5) is 2.13. The Kier molecular flexibility index (Phi) is 3.32. The van der Waals surface area contributed by atoms with Gasteiger partial charge in [-0.25, -0.2) is 0 Å². The summed E-state index contributed by atoms with van der Waals surface area (Å²) in [7, 11) is -3.82. The predicted molar refractivity (Wildman–Crippen MR) is 51.3 cm³/mol. The minimum Gasteiger partial charge on any atom is -0.297 e. The molecule has 0 aromatic carbocycles. The van der Waals surface area contributed by atoms with Gasteiger partial charge in [-0.05, 0) is 33.2 Å². The summed E-state index contributed by atoms with van der Waals surface area (Å²) < 4.78 is 30.1. The monoisotopic (exact) mass is 207 g/mol. The first kappa shape index (κ1) is 10.9. The molecule has 1 saturated heterocycles. The Balaban J connectivity index is 2.59. The highest BCUT2D eigenvalue weighted by Gasteiger charge is 2.29. The molecule has 78 valence electrons. The smallest absolute Gasteiger partial charge is 0.266 e. The molecule has 0 bridgehead atoms. The molecule has 1 aliphatic heterocycles. The SMILES string of the molecule is CC(C)N1CCCC1CS(=O)(=O)O. The van der Waals surface area contributed by atoms with Crippen LogP contribution in [0.5, 0.6) is 0 Å². The van der Waals surface area contributed by atoms with E-state index in [-0.39, 0.29) is 11.8 Å². The normalized spacial score (nSPS) is 25.7. The summed E-state index contributed by atoms with van der Waals surface area (Å²) in [5.41, 5.74) is 0. The quantitative estimate of drug-likeness (QED) is 0.694. The largest absolute Gasteiger partial charge is 0.297 e. The lowest BCUT2D eigenvalue weighted by Gasteiger charge is -2.27. The maximum atomic E-state index is 10.7. The lowest BCUT2D eigenvalue weighted by atomic mass is 10.2. The molecule has 0 amide bonds. The van der Waals surface area contributed by atoms with Crippen molar-refractivity contribution < 1.29 is 13.0 Å². The van der Waals surface area contributed by atoms with Crippen molar-refractivity contribution in [2.75, 3.05) is 12.3 Å². The zero-order chi connectivity index (χ0) is 10.1. The minimum atomic E-state index is -3.82. The molecule has 0 saturated carbocycles. The van der Waals surface area contributed by atoms with E-state index in [4.69, 9.17) is 4.55 Å². The first-order valence-corrected chi connectivity index (χ1v) is 6.22. The molecule has 1 atom stereocenters. The number of rotatable bonds is 3. The summed E-state index contributed by atoms with van der Waals surface area (Å²) in [6.07, 6.45) is 1.90. The average molecular weight is 207 g/mol. The van der Waals surface area contributed by atoms with E-state index < -0.39 is 10.1 Å². The van der Waals surface area contributed by atoms with Crippen LogP contribution in [0.1, 0.15) is 26.7 Å². The van der Waals surface area contributed by atoms with Crippen molar-refractivity contribution in [3.63, 3.8) is 0 Å². The number of nitrogens with zero attached hydrogens (tertiary/aromatic N) is 1. The van der Waals surface area contributed by atoms with Gasteiger partial charge in [0.05, 0.1) is 5.75 Å². The van der Waals surface area contributed by atoms with Crippen LogP contribution in [0, 0.1) is 0 Å². The third-order valence-electron chi connectivity index (χ3n) is 2.49. The molecule has 1 unspecified atom stereocenters. The zero-order valence-corrected chi connectivity index (χ0v) is 8.92. The van der Waals surface area contributed by atoms with Gasteiger partial charge in [-0.3, -0.25) is 9.45 Å². The van der Waals surface area contributed by atoms with E-state index in [0.29, 0.717) is 6.04 Å². The predicted octanol–water partition coefficient (Wildman–Crippen LogP) is 0.747. The fourth-order valence-corrected chi connectivity index (χ4v) is 2.80. The topological polar surface area (TPSA) is 57.6 Å². The van der Waals surface area contributed by atoms with Crippen molar-refractivity contribution >= 4 is 10.1 Å². The second-order valence-corrected chi connectivity index (χ2v) is 5.37. The highest BCUT2D eigenvalue weighted by Crippen LogP contribution is 2.20. The highest BCUT2D eigenvalue weighted by molar-refractivity contribution is 7.85. The molecule has 1 heterocycles. The third-order valence-corrected chi connectivity index (χ3v) is 3.29. The fourth-order valence-electron chi connectivity index (χ4n) is 1.96. The first-order valence-electron chi connectivity index (χ1n) is 4.61. The van der Waals surface area contributed by atoms with Gasteiger partial charge in [-0.15, -0.1) is 0 Å². The standard InChI is InChI=1S/C8H17NO3S/c1-7(2)9-5-3-4-8(9)6-13(10,11)12/h7-8H,3-6H2,1-2H3,(H,10,11,12). The van der Waals surface area contributed by atoms with E-state index in [2.05, 4.69) is 4.90 Å². The molecular formula is C8H17NO3S. The number of hydrogen-bond acceptors (Lipinski definition) is 3. The molecule has 1 aliphatic rings. The van der Waals surface area contributed by atoms with Crippen LogP contribution < -0.4 is 0 Å². The van der Waals surface area contributed by atoms with E-state index in [9.17, 15) is 8.42 Å². The van der Waals surface area contributed by atoms with Crippen molar-refractivity contribution in [2.24, 2.45) is 0 Å². The van der Waals surface area contributed by atoms with Crippen molar-refractivity contribution in [3.05, 3.63) is 0 Å². The van der Waals surface area contributed by atoms with Gasteiger partial charge >= 0.3 is 0 Å². The van der Waals surface area contributed by atoms with E-state index in [1.807, 2.05) is 13.8 Å². The zero-order valence-electron chi connectivity index (χ0n) is 8.10. The maximum absolute atomic E-state index is 10.7. The molecule has 1 fully saturated rings. The van der Waals surface area contributed by atoms with Gasteiger partial charge < -0.3 is 0 Å². The fraction of sp³-hybridized carbons (Fsp3) is 1.00. The second-order valence-electron chi connectivity index (χ2n) is 3.88. The molecular weight excluding hydrogens is 190 g/mol. The molecule has 0 aromatic heterocycles. The molecule has 13 heavy (non-hydrogen) atoms. The third kappa shape index (κ3) is 3.25.